The van der Waals surface area contributed by atoms with Crippen LogP contribution in [-0.4, -0.2) is 115 Å². The van der Waals surface area contributed by atoms with Gasteiger partial charge in [-0.05, 0) is 24.3 Å². The summed E-state index contributed by atoms with van der Waals surface area (Å²) in [7, 11) is -3.86. The molecule has 3 aliphatic rings. The van der Waals surface area contributed by atoms with Crippen molar-refractivity contribution < 1.29 is 49.3 Å². The first-order chi connectivity index (χ1) is 20.7. The number of ether oxygens (including phenoxy) is 2. The first-order valence-corrected chi connectivity index (χ1v) is 16.4. The molecule has 2 aromatic heterocycles. The number of alkyl halides is 6. The van der Waals surface area contributed by atoms with E-state index in [0.717, 1.165) is 24.2 Å². The number of hydrogen-bond donors (Lipinski definition) is 1. The van der Waals surface area contributed by atoms with Gasteiger partial charge in [0.2, 0.25) is 5.95 Å². The molecule has 3 saturated heterocycles. The minimum absolute atomic E-state index is 0.0182. The molecule has 246 valence electrons. The Balaban J connectivity index is 1.43. The second-order valence-corrected chi connectivity index (χ2v) is 14.2. The van der Waals surface area contributed by atoms with Crippen LogP contribution < -0.4 is 4.90 Å². The van der Waals surface area contributed by atoms with Crippen LogP contribution in [0.2, 0.25) is 0 Å². The lowest BCUT2D eigenvalue weighted by molar-refractivity contribution is -0.376. The molecule has 4 atom stereocenters. The quantitative estimate of drug-likeness (QED) is 0.300. The van der Waals surface area contributed by atoms with E-state index in [1.165, 1.54) is 10.4 Å². The van der Waals surface area contributed by atoms with Crippen LogP contribution in [-0.2, 0) is 25.1 Å². The third-order valence-electron chi connectivity index (χ3n) is 8.35. The molecule has 10 nitrogen and oxygen atoms in total. The van der Waals surface area contributed by atoms with E-state index in [0.29, 0.717) is 45.2 Å². The maximum Gasteiger partial charge on any atom is 0.430 e. The lowest BCUT2D eigenvalue weighted by Crippen LogP contribution is -2.61. The summed E-state index contributed by atoms with van der Waals surface area (Å²) in [4.78, 5) is 11.4. The fourth-order valence-corrected chi connectivity index (χ4v) is 8.58. The highest BCUT2D eigenvalue weighted by Crippen LogP contribution is 2.49. The molecule has 3 fully saturated rings. The smallest absolute Gasteiger partial charge is 0.378 e. The average molecular weight is 674 g/mol. The van der Waals surface area contributed by atoms with Gasteiger partial charge in [-0.15, -0.1) is 11.3 Å². The molecule has 5 rings (SSSR count). The highest BCUT2D eigenvalue weighted by molar-refractivity contribution is 7.91. The minimum atomic E-state index is -6.08. The maximum absolute atomic E-state index is 13.4. The van der Waals surface area contributed by atoms with Gasteiger partial charge in [0.1, 0.15) is 4.21 Å². The Hall–Kier alpha value is -2.09. The van der Waals surface area contributed by atoms with Crippen molar-refractivity contribution in [3.05, 3.63) is 35.5 Å². The Kier molecular flexibility index (Phi) is 9.53. The van der Waals surface area contributed by atoms with E-state index in [1.54, 1.807) is 16.3 Å². The summed E-state index contributed by atoms with van der Waals surface area (Å²) in [6.45, 7) is 3.75. The number of nitrogens with zero attached hydrogens (tertiary/aromatic N) is 5. The second kappa shape index (κ2) is 12.6. The van der Waals surface area contributed by atoms with Gasteiger partial charge in [0.05, 0.1) is 31.4 Å². The van der Waals surface area contributed by atoms with Crippen molar-refractivity contribution in [1.82, 2.24) is 19.2 Å². The lowest BCUT2D eigenvalue weighted by atomic mass is 9.95. The molecule has 44 heavy (non-hydrogen) atoms. The Morgan fingerprint density at radius 3 is 2.43 bits per heavy atom. The van der Waals surface area contributed by atoms with Crippen molar-refractivity contribution >= 4 is 27.3 Å². The number of anilines is 1. The van der Waals surface area contributed by atoms with Gasteiger partial charge in [-0.2, -0.15) is 30.6 Å². The summed E-state index contributed by atoms with van der Waals surface area (Å²) in [5.74, 6) is -0.185. The van der Waals surface area contributed by atoms with Gasteiger partial charge in [-0.25, -0.2) is 18.4 Å². The van der Waals surface area contributed by atoms with Crippen LogP contribution in [0.4, 0.5) is 32.3 Å². The Labute approximate surface area is 254 Å². The van der Waals surface area contributed by atoms with Crippen LogP contribution in [0.15, 0.2) is 34.1 Å². The number of halogens is 6. The number of rotatable bonds is 10. The van der Waals surface area contributed by atoms with Crippen molar-refractivity contribution in [2.45, 2.75) is 72.6 Å². The van der Waals surface area contributed by atoms with Crippen LogP contribution in [0.1, 0.15) is 31.7 Å². The van der Waals surface area contributed by atoms with Gasteiger partial charge in [-0.1, -0.05) is 19.4 Å². The third-order valence-corrected chi connectivity index (χ3v) is 11.6. The first-order valence-electron chi connectivity index (χ1n) is 14.1. The molecule has 0 aliphatic carbocycles. The zero-order chi connectivity index (χ0) is 31.9. The molecule has 0 amide bonds. The molecule has 0 aromatic carbocycles. The van der Waals surface area contributed by atoms with E-state index in [-0.39, 0.29) is 48.0 Å². The van der Waals surface area contributed by atoms with E-state index in [1.807, 2.05) is 0 Å². The third kappa shape index (κ3) is 6.18. The van der Waals surface area contributed by atoms with Gasteiger partial charge in [0, 0.05) is 56.8 Å². The number of sulfonamides is 1. The van der Waals surface area contributed by atoms with E-state index in [2.05, 4.69) is 21.8 Å². The SMILES string of the molecule is CCCCOC1CC2COCC1N2C[C@H]1CN(S(=O)(=O)c2cccs2)CCN1c1ncc(C(O)(C(F)(F)F)C(F)(F)F)cn1. The summed E-state index contributed by atoms with van der Waals surface area (Å²) in [6.07, 6.45) is -9.07. The van der Waals surface area contributed by atoms with Crippen LogP contribution in [0.25, 0.3) is 0 Å². The molecule has 3 aliphatic heterocycles. The van der Waals surface area contributed by atoms with Crippen LogP contribution in [0.5, 0.6) is 0 Å². The predicted molar refractivity (Wildman–Crippen MR) is 147 cm³/mol. The molecule has 3 unspecified atom stereocenters. The van der Waals surface area contributed by atoms with Gasteiger partial charge in [0.15, 0.2) is 0 Å². The fraction of sp³-hybridized carbons (Fsp3) is 0.692. The van der Waals surface area contributed by atoms with E-state index in [4.69, 9.17) is 9.47 Å². The van der Waals surface area contributed by atoms with Crippen LogP contribution >= 0.6 is 11.3 Å². The summed E-state index contributed by atoms with van der Waals surface area (Å²) >= 11 is 1.07. The maximum atomic E-state index is 13.4. The summed E-state index contributed by atoms with van der Waals surface area (Å²) in [5, 5.41) is 11.4. The van der Waals surface area contributed by atoms with Crippen LogP contribution in [0, 0.1) is 0 Å². The predicted octanol–water partition coefficient (Wildman–Crippen LogP) is 3.39. The zero-order valence-corrected chi connectivity index (χ0v) is 25.3. The number of aromatic nitrogens is 2. The van der Waals surface area contributed by atoms with E-state index >= 15 is 0 Å². The summed E-state index contributed by atoms with van der Waals surface area (Å²) in [5.41, 5.74) is -6.74. The molecule has 1 N–H and O–H groups in total. The molecule has 18 heteroatoms. The van der Waals surface area contributed by atoms with Crippen molar-refractivity contribution in [2.24, 2.45) is 0 Å². The fourth-order valence-electron chi connectivity index (χ4n) is 5.97. The van der Waals surface area contributed by atoms with Crippen molar-refractivity contribution in [2.75, 3.05) is 50.9 Å². The molecular weight excluding hydrogens is 640 g/mol. The number of hydrogen-bond acceptors (Lipinski definition) is 10. The number of unbranched alkanes of at least 4 members (excludes halogenated alkanes) is 1. The normalized spacial score (nSPS) is 26.0. The molecule has 0 radical (unpaired) electrons. The number of morpholine rings is 1. The standard InChI is InChI=1S/C26H33F6N5O5S2/c1-2-3-8-42-21-10-18-15-41-16-20(21)37(18)14-19-13-35(44(39,40)22-5-4-9-43-22)6-7-36(19)23-33-11-17(12-34-23)24(38,25(27,28)29)26(30,31)32/h4-5,9,11-12,18-21,38H,2-3,6-8,10,13-16H2,1H3/t18?,19-,20?,21?/m1/s1. The second-order valence-electron chi connectivity index (χ2n) is 11.1. The van der Waals surface area contributed by atoms with Gasteiger partial charge in [-0.3, -0.25) is 4.90 Å². The zero-order valence-electron chi connectivity index (χ0n) is 23.7. The minimum Gasteiger partial charge on any atom is -0.378 e. The van der Waals surface area contributed by atoms with Crippen molar-refractivity contribution in [1.29, 1.82) is 0 Å². The Morgan fingerprint density at radius 2 is 1.82 bits per heavy atom. The van der Waals surface area contributed by atoms with Gasteiger partial charge < -0.3 is 19.5 Å². The Bertz CT molecular complexity index is 1350. The monoisotopic (exact) mass is 673 g/mol. The van der Waals surface area contributed by atoms with Crippen molar-refractivity contribution in [3.8, 4) is 0 Å². The molecular formula is C26H33F6N5O5S2. The number of piperazine rings is 1. The number of aliphatic hydroxyl groups is 1. The topological polar surface area (TPSA) is 108 Å². The van der Waals surface area contributed by atoms with Gasteiger partial charge >= 0.3 is 12.4 Å². The molecule has 2 aromatic rings. The average Bonchev–Trinajstić information content (AvgIpc) is 3.57. The van der Waals surface area contributed by atoms with E-state index < -0.39 is 39.6 Å². The van der Waals surface area contributed by atoms with Crippen molar-refractivity contribution in [3.63, 3.8) is 0 Å². The molecule has 2 bridgehead atoms. The highest BCUT2D eigenvalue weighted by atomic mass is 32.2. The van der Waals surface area contributed by atoms with Crippen LogP contribution in [0.3, 0.4) is 0 Å². The summed E-state index contributed by atoms with van der Waals surface area (Å²) in [6, 6.07) is 2.35. The molecule has 5 heterocycles. The molecule has 0 spiro atoms. The number of fused-ring (bicyclic) bond motifs is 2. The van der Waals surface area contributed by atoms with Gasteiger partial charge in [0.25, 0.3) is 15.6 Å². The molecule has 0 saturated carbocycles. The first kappa shape index (κ1) is 33.3. The van der Waals surface area contributed by atoms with E-state index in [9.17, 15) is 39.9 Å². The summed E-state index contributed by atoms with van der Waals surface area (Å²) < 4.78 is 121. The number of thiophene rings is 1. The lowest BCUT2D eigenvalue weighted by Gasteiger charge is -2.45. The Morgan fingerprint density at radius 1 is 1.11 bits per heavy atom. The largest absolute Gasteiger partial charge is 0.430 e. The highest BCUT2D eigenvalue weighted by Gasteiger charge is 2.71.